The van der Waals surface area contributed by atoms with Crippen LogP contribution in [0.3, 0.4) is 0 Å². The molecule has 3 rings (SSSR count). The third-order valence-electron chi connectivity index (χ3n) is 2.95. The number of fused-ring (bicyclic) bond motifs is 1. The molecule has 0 atom stereocenters. The van der Waals surface area contributed by atoms with E-state index >= 15 is 0 Å². The molecule has 0 amide bonds. The molecule has 0 spiro atoms. The van der Waals surface area contributed by atoms with E-state index < -0.39 is 5.97 Å². The number of para-hydroxylation sites is 1. The Morgan fingerprint density at radius 2 is 1.90 bits per heavy atom. The van der Waals surface area contributed by atoms with E-state index in [1.807, 2.05) is 30.3 Å². The smallest absolute Gasteiger partial charge is 0.337 e. The molecule has 5 heteroatoms. The predicted molar refractivity (Wildman–Crippen MR) is 76.2 cm³/mol. The molecule has 3 aromatic rings. The number of nitrogens with zero attached hydrogens (tertiary/aromatic N) is 2. The second kappa shape index (κ2) is 4.97. The first-order valence-electron chi connectivity index (χ1n) is 6.04. The van der Waals surface area contributed by atoms with Gasteiger partial charge in [0.1, 0.15) is 0 Å². The number of pyridine rings is 2. The Bertz CT molecular complexity index is 781. The highest BCUT2D eigenvalue weighted by Gasteiger charge is 2.11. The van der Waals surface area contributed by atoms with E-state index in [9.17, 15) is 9.90 Å². The summed E-state index contributed by atoms with van der Waals surface area (Å²) in [5.41, 5.74) is 2.15. The summed E-state index contributed by atoms with van der Waals surface area (Å²) in [5, 5.41) is 13.2. The van der Waals surface area contributed by atoms with Crippen LogP contribution in [-0.2, 0) is 0 Å². The van der Waals surface area contributed by atoms with Crippen molar-refractivity contribution in [1.82, 2.24) is 9.97 Å². The monoisotopic (exact) mass is 265 g/mol. The van der Waals surface area contributed by atoms with Gasteiger partial charge in [-0.05, 0) is 18.2 Å². The van der Waals surface area contributed by atoms with Gasteiger partial charge in [0.25, 0.3) is 0 Å². The van der Waals surface area contributed by atoms with Crippen molar-refractivity contribution in [1.29, 1.82) is 0 Å². The zero-order chi connectivity index (χ0) is 13.9. The summed E-state index contributed by atoms with van der Waals surface area (Å²) in [4.78, 5) is 19.5. The zero-order valence-electron chi connectivity index (χ0n) is 10.4. The van der Waals surface area contributed by atoms with Crippen LogP contribution >= 0.6 is 0 Å². The Morgan fingerprint density at radius 1 is 1.05 bits per heavy atom. The van der Waals surface area contributed by atoms with Crippen LogP contribution in [-0.4, -0.2) is 21.0 Å². The molecule has 0 bridgehead atoms. The fraction of sp³-hybridized carbons (Fsp3) is 0. The van der Waals surface area contributed by atoms with Gasteiger partial charge in [0.2, 0.25) is 0 Å². The number of carboxylic acids is 1. The minimum absolute atomic E-state index is 0.174. The number of aromatic carboxylic acids is 1. The third-order valence-corrected chi connectivity index (χ3v) is 2.95. The van der Waals surface area contributed by atoms with E-state index in [0.29, 0.717) is 5.69 Å². The lowest BCUT2D eigenvalue weighted by molar-refractivity contribution is 0.0698. The summed E-state index contributed by atoms with van der Waals surface area (Å²) in [5.74, 6) is -0.997. The van der Waals surface area contributed by atoms with Crippen LogP contribution in [0.4, 0.5) is 11.4 Å². The molecular weight excluding hydrogens is 254 g/mol. The molecule has 2 aromatic heterocycles. The van der Waals surface area contributed by atoms with Gasteiger partial charge in [-0.2, -0.15) is 0 Å². The quantitative estimate of drug-likeness (QED) is 0.761. The number of benzene rings is 1. The molecule has 0 saturated carbocycles. The standard InChI is InChI=1S/C15H11N3O2/c19-15(20)11-6-8-16-9-13(11)18-12-5-1-3-10-4-2-7-17-14(10)12/h1-9,18H,(H,19,20). The Hall–Kier alpha value is -2.95. The van der Waals surface area contributed by atoms with Gasteiger partial charge in [0, 0.05) is 17.8 Å². The molecule has 0 aliphatic heterocycles. The lowest BCUT2D eigenvalue weighted by Gasteiger charge is -2.10. The summed E-state index contributed by atoms with van der Waals surface area (Å²) in [6.07, 6.45) is 4.65. The van der Waals surface area contributed by atoms with Gasteiger partial charge in [0.15, 0.2) is 0 Å². The predicted octanol–water partition coefficient (Wildman–Crippen LogP) is 3.07. The molecule has 0 saturated heterocycles. The van der Waals surface area contributed by atoms with E-state index in [1.54, 1.807) is 6.20 Å². The van der Waals surface area contributed by atoms with Crippen molar-refractivity contribution in [2.75, 3.05) is 5.32 Å². The number of hydrogen-bond acceptors (Lipinski definition) is 4. The van der Waals surface area contributed by atoms with Crippen molar-refractivity contribution in [3.63, 3.8) is 0 Å². The molecule has 5 nitrogen and oxygen atoms in total. The molecule has 0 radical (unpaired) electrons. The van der Waals surface area contributed by atoms with Crippen molar-refractivity contribution in [3.05, 3.63) is 60.6 Å². The molecule has 98 valence electrons. The maximum absolute atomic E-state index is 11.2. The maximum atomic E-state index is 11.2. The minimum Gasteiger partial charge on any atom is -0.478 e. The fourth-order valence-corrected chi connectivity index (χ4v) is 2.03. The topological polar surface area (TPSA) is 75.1 Å². The van der Waals surface area contributed by atoms with Crippen molar-refractivity contribution >= 4 is 28.2 Å². The Kier molecular flexibility index (Phi) is 3.01. The van der Waals surface area contributed by atoms with Gasteiger partial charge in [-0.25, -0.2) is 4.79 Å². The molecule has 0 aliphatic rings. The van der Waals surface area contributed by atoms with E-state index in [2.05, 4.69) is 15.3 Å². The fourth-order valence-electron chi connectivity index (χ4n) is 2.03. The Balaban J connectivity index is 2.08. The van der Waals surface area contributed by atoms with Gasteiger partial charge >= 0.3 is 5.97 Å². The minimum atomic E-state index is -0.997. The average Bonchev–Trinajstić information content (AvgIpc) is 2.48. The van der Waals surface area contributed by atoms with E-state index in [4.69, 9.17) is 0 Å². The van der Waals surface area contributed by atoms with Crippen LogP contribution in [0.2, 0.25) is 0 Å². The molecule has 0 unspecified atom stereocenters. The summed E-state index contributed by atoms with van der Waals surface area (Å²) >= 11 is 0. The second-order valence-electron chi connectivity index (χ2n) is 4.23. The molecular formula is C15H11N3O2. The third kappa shape index (κ3) is 2.16. The highest BCUT2D eigenvalue weighted by Crippen LogP contribution is 2.25. The van der Waals surface area contributed by atoms with Gasteiger partial charge in [0.05, 0.1) is 28.7 Å². The number of carboxylic acid groups (broad SMARTS) is 1. The molecule has 0 aliphatic carbocycles. The van der Waals surface area contributed by atoms with Crippen LogP contribution in [0.5, 0.6) is 0 Å². The normalized spacial score (nSPS) is 10.4. The summed E-state index contributed by atoms with van der Waals surface area (Å²) < 4.78 is 0. The average molecular weight is 265 g/mol. The summed E-state index contributed by atoms with van der Waals surface area (Å²) in [7, 11) is 0. The van der Waals surface area contributed by atoms with Crippen molar-refractivity contribution in [2.45, 2.75) is 0 Å². The maximum Gasteiger partial charge on any atom is 0.337 e. The molecule has 0 fully saturated rings. The van der Waals surface area contributed by atoms with Crippen LogP contribution in [0.15, 0.2) is 55.0 Å². The lowest BCUT2D eigenvalue weighted by atomic mass is 10.1. The van der Waals surface area contributed by atoms with Crippen LogP contribution in [0.1, 0.15) is 10.4 Å². The second-order valence-corrected chi connectivity index (χ2v) is 4.23. The number of anilines is 2. The van der Waals surface area contributed by atoms with Crippen LogP contribution < -0.4 is 5.32 Å². The lowest BCUT2D eigenvalue weighted by Crippen LogP contribution is -2.03. The number of nitrogens with one attached hydrogen (secondary N) is 1. The highest BCUT2D eigenvalue weighted by molar-refractivity contribution is 5.97. The van der Waals surface area contributed by atoms with E-state index in [1.165, 1.54) is 18.5 Å². The zero-order valence-corrected chi connectivity index (χ0v) is 10.4. The molecule has 2 heterocycles. The van der Waals surface area contributed by atoms with Crippen LogP contribution in [0.25, 0.3) is 10.9 Å². The van der Waals surface area contributed by atoms with Crippen LogP contribution in [0, 0.1) is 0 Å². The SMILES string of the molecule is O=C(O)c1ccncc1Nc1cccc2cccnc12. The first-order valence-corrected chi connectivity index (χ1v) is 6.04. The highest BCUT2D eigenvalue weighted by atomic mass is 16.4. The van der Waals surface area contributed by atoms with Gasteiger partial charge in [-0.1, -0.05) is 18.2 Å². The number of aromatic nitrogens is 2. The van der Waals surface area contributed by atoms with Crippen molar-refractivity contribution in [2.24, 2.45) is 0 Å². The van der Waals surface area contributed by atoms with Crippen molar-refractivity contribution in [3.8, 4) is 0 Å². The van der Waals surface area contributed by atoms with Gasteiger partial charge in [-0.15, -0.1) is 0 Å². The number of hydrogen-bond donors (Lipinski definition) is 2. The molecule has 2 N–H and O–H groups in total. The molecule has 20 heavy (non-hydrogen) atoms. The van der Waals surface area contributed by atoms with E-state index in [0.717, 1.165) is 16.6 Å². The number of carbonyl (C=O) groups is 1. The first kappa shape index (κ1) is 12.1. The Labute approximate surface area is 114 Å². The first-order chi connectivity index (χ1) is 9.75. The molecule has 1 aromatic carbocycles. The largest absolute Gasteiger partial charge is 0.478 e. The van der Waals surface area contributed by atoms with Gasteiger partial charge < -0.3 is 10.4 Å². The number of rotatable bonds is 3. The summed E-state index contributed by atoms with van der Waals surface area (Å²) in [6.45, 7) is 0. The van der Waals surface area contributed by atoms with E-state index in [-0.39, 0.29) is 5.56 Å². The van der Waals surface area contributed by atoms with Gasteiger partial charge in [-0.3, -0.25) is 9.97 Å². The van der Waals surface area contributed by atoms with Crippen molar-refractivity contribution < 1.29 is 9.90 Å². The summed E-state index contributed by atoms with van der Waals surface area (Å²) in [6, 6.07) is 11.0. The Morgan fingerprint density at radius 3 is 2.75 bits per heavy atom.